The van der Waals surface area contributed by atoms with Crippen LogP contribution in [0.5, 0.6) is 0 Å². The van der Waals surface area contributed by atoms with Gasteiger partial charge in [0, 0.05) is 0 Å². The zero-order chi connectivity index (χ0) is 18.3. The van der Waals surface area contributed by atoms with Crippen LogP contribution in [0.4, 0.5) is 0 Å². The second-order valence-corrected chi connectivity index (χ2v) is 7.94. The lowest BCUT2D eigenvalue weighted by Gasteiger charge is -2.04. The van der Waals surface area contributed by atoms with Gasteiger partial charge in [-0.05, 0) is 25.8 Å². The topological polar surface area (TPSA) is 26.0 Å². The van der Waals surface area contributed by atoms with E-state index in [-0.39, 0.29) is 0 Å². The molecule has 0 unspecified atom stereocenters. The first-order valence-corrected chi connectivity index (χ1v) is 11.7. The molecule has 1 nitrogen and oxygen atoms in total. The normalized spacial score (nSPS) is 11.1. The molecule has 1 heteroatoms. The van der Waals surface area contributed by atoms with E-state index in [1.165, 1.54) is 135 Å². The standard InChI is InChI=1S/C24H49N/c1-2-3-4-5-6-7-8-9-10-11-12-13-14-15-16-17-18-19-20-21-22-23-24-25/h2H,1,3-25H2. The predicted molar refractivity (Wildman–Crippen MR) is 116 cm³/mol. The highest BCUT2D eigenvalue weighted by Crippen LogP contribution is 2.14. The number of allylic oxidation sites excluding steroid dienone is 1. The maximum Gasteiger partial charge on any atom is -0.00773 e. The minimum Gasteiger partial charge on any atom is -0.330 e. The van der Waals surface area contributed by atoms with Crippen molar-refractivity contribution in [2.45, 2.75) is 135 Å². The third kappa shape index (κ3) is 23.7. The van der Waals surface area contributed by atoms with Crippen LogP contribution in [0.3, 0.4) is 0 Å². The van der Waals surface area contributed by atoms with E-state index in [0.717, 1.165) is 6.54 Å². The molecule has 150 valence electrons. The molecule has 0 aliphatic heterocycles. The predicted octanol–water partition coefficient (Wildman–Crippen LogP) is 8.32. The molecule has 0 spiro atoms. The van der Waals surface area contributed by atoms with Gasteiger partial charge in [0.15, 0.2) is 0 Å². The summed E-state index contributed by atoms with van der Waals surface area (Å²) >= 11 is 0. The zero-order valence-electron chi connectivity index (χ0n) is 17.4. The molecule has 25 heavy (non-hydrogen) atoms. The van der Waals surface area contributed by atoms with Gasteiger partial charge in [-0.2, -0.15) is 0 Å². The van der Waals surface area contributed by atoms with Crippen molar-refractivity contribution in [2.24, 2.45) is 5.73 Å². The summed E-state index contributed by atoms with van der Waals surface area (Å²) in [6.45, 7) is 4.65. The van der Waals surface area contributed by atoms with E-state index in [1.54, 1.807) is 0 Å². The van der Waals surface area contributed by atoms with Crippen molar-refractivity contribution in [1.82, 2.24) is 0 Å². The molecule has 0 aromatic heterocycles. The van der Waals surface area contributed by atoms with E-state index in [4.69, 9.17) is 5.73 Å². The number of hydrogen-bond acceptors (Lipinski definition) is 1. The number of hydrogen-bond donors (Lipinski definition) is 1. The molecule has 0 fully saturated rings. The first-order chi connectivity index (χ1) is 12.4. The Morgan fingerprint density at radius 2 is 0.640 bits per heavy atom. The van der Waals surface area contributed by atoms with Gasteiger partial charge in [0.1, 0.15) is 0 Å². The summed E-state index contributed by atoms with van der Waals surface area (Å²) in [6.07, 6.45) is 31.8. The van der Waals surface area contributed by atoms with Gasteiger partial charge in [-0.25, -0.2) is 0 Å². The van der Waals surface area contributed by atoms with Crippen LogP contribution in [-0.2, 0) is 0 Å². The van der Waals surface area contributed by atoms with Crippen LogP contribution in [0.2, 0.25) is 0 Å². The molecular weight excluding hydrogens is 302 g/mol. The summed E-state index contributed by atoms with van der Waals surface area (Å²) in [4.78, 5) is 0. The van der Waals surface area contributed by atoms with Crippen LogP contribution in [0.1, 0.15) is 135 Å². The Kier molecular flexibility index (Phi) is 23.4. The van der Waals surface area contributed by atoms with Gasteiger partial charge < -0.3 is 5.73 Å². The summed E-state index contributed by atoms with van der Waals surface area (Å²) in [6, 6.07) is 0. The van der Waals surface area contributed by atoms with Crippen molar-refractivity contribution in [3.05, 3.63) is 12.7 Å². The van der Waals surface area contributed by atoms with E-state index in [1.807, 2.05) is 6.08 Å². The Labute approximate surface area is 160 Å². The lowest BCUT2D eigenvalue weighted by atomic mass is 10.0. The van der Waals surface area contributed by atoms with Crippen molar-refractivity contribution in [3.63, 3.8) is 0 Å². The van der Waals surface area contributed by atoms with Crippen LogP contribution in [0.15, 0.2) is 12.7 Å². The molecule has 0 amide bonds. The van der Waals surface area contributed by atoms with Crippen LogP contribution >= 0.6 is 0 Å². The molecule has 0 radical (unpaired) electrons. The molecule has 0 aromatic rings. The molecule has 2 N–H and O–H groups in total. The van der Waals surface area contributed by atoms with E-state index in [0.29, 0.717) is 0 Å². The highest BCUT2D eigenvalue weighted by molar-refractivity contribution is 4.65. The van der Waals surface area contributed by atoms with Crippen LogP contribution in [-0.4, -0.2) is 6.54 Å². The fourth-order valence-corrected chi connectivity index (χ4v) is 3.61. The average Bonchev–Trinajstić information content (AvgIpc) is 2.63. The maximum absolute atomic E-state index is 5.51. The molecule has 0 aliphatic rings. The minimum atomic E-state index is 0.871. The summed E-state index contributed by atoms with van der Waals surface area (Å²) in [5.41, 5.74) is 5.51. The molecular formula is C24H49N. The summed E-state index contributed by atoms with van der Waals surface area (Å²) in [5.74, 6) is 0. The second-order valence-electron chi connectivity index (χ2n) is 7.94. The van der Waals surface area contributed by atoms with Crippen molar-refractivity contribution >= 4 is 0 Å². The number of nitrogens with two attached hydrogens (primary N) is 1. The van der Waals surface area contributed by atoms with E-state index in [2.05, 4.69) is 6.58 Å². The third-order valence-corrected chi connectivity index (χ3v) is 5.36. The molecule has 0 aliphatic carbocycles. The monoisotopic (exact) mass is 351 g/mol. The lowest BCUT2D eigenvalue weighted by Crippen LogP contribution is -1.97. The van der Waals surface area contributed by atoms with Crippen LogP contribution in [0, 0.1) is 0 Å². The van der Waals surface area contributed by atoms with Gasteiger partial charge in [-0.3, -0.25) is 0 Å². The quantitative estimate of drug-likeness (QED) is 0.154. The van der Waals surface area contributed by atoms with Gasteiger partial charge in [0.05, 0.1) is 0 Å². The molecule has 0 rings (SSSR count). The largest absolute Gasteiger partial charge is 0.330 e. The smallest absolute Gasteiger partial charge is 0.00773 e. The molecule has 0 heterocycles. The average molecular weight is 352 g/mol. The van der Waals surface area contributed by atoms with E-state index < -0.39 is 0 Å². The van der Waals surface area contributed by atoms with Gasteiger partial charge in [0.2, 0.25) is 0 Å². The molecule has 0 atom stereocenters. The van der Waals surface area contributed by atoms with Crippen LogP contribution in [0.25, 0.3) is 0 Å². The first-order valence-electron chi connectivity index (χ1n) is 11.7. The van der Waals surface area contributed by atoms with Crippen molar-refractivity contribution in [3.8, 4) is 0 Å². The number of rotatable bonds is 22. The van der Waals surface area contributed by atoms with Crippen LogP contribution < -0.4 is 5.73 Å². The Morgan fingerprint density at radius 1 is 0.400 bits per heavy atom. The number of unbranched alkanes of at least 4 members (excludes halogenated alkanes) is 20. The van der Waals surface area contributed by atoms with Gasteiger partial charge in [-0.1, -0.05) is 122 Å². The third-order valence-electron chi connectivity index (χ3n) is 5.36. The van der Waals surface area contributed by atoms with Crippen molar-refractivity contribution in [2.75, 3.05) is 6.54 Å². The highest BCUT2D eigenvalue weighted by Gasteiger charge is 1.95. The fraction of sp³-hybridized carbons (Fsp3) is 0.917. The Balaban J connectivity index is 2.95. The minimum absolute atomic E-state index is 0.871. The summed E-state index contributed by atoms with van der Waals surface area (Å²) in [5, 5.41) is 0. The Hall–Kier alpha value is -0.300. The first kappa shape index (κ1) is 24.7. The lowest BCUT2D eigenvalue weighted by molar-refractivity contribution is 0.521. The highest BCUT2D eigenvalue weighted by atomic mass is 14.5. The zero-order valence-corrected chi connectivity index (χ0v) is 17.4. The van der Waals surface area contributed by atoms with E-state index >= 15 is 0 Å². The Morgan fingerprint density at radius 3 is 0.880 bits per heavy atom. The Bertz CT molecular complexity index is 236. The molecule has 0 saturated carbocycles. The SMILES string of the molecule is C=CCCCCCCCCCCCCCCCCCCCCCCN. The summed E-state index contributed by atoms with van der Waals surface area (Å²) < 4.78 is 0. The molecule has 0 aromatic carbocycles. The van der Waals surface area contributed by atoms with Crippen molar-refractivity contribution < 1.29 is 0 Å². The van der Waals surface area contributed by atoms with Crippen molar-refractivity contribution in [1.29, 1.82) is 0 Å². The summed E-state index contributed by atoms with van der Waals surface area (Å²) in [7, 11) is 0. The maximum atomic E-state index is 5.51. The molecule has 0 saturated heterocycles. The second kappa shape index (κ2) is 23.7. The van der Waals surface area contributed by atoms with E-state index in [9.17, 15) is 0 Å². The molecule has 0 bridgehead atoms. The van der Waals surface area contributed by atoms with Gasteiger partial charge in [-0.15, -0.1) is 6.58 Å². The fourth-order valence-electron chi connectivity index (χ4n) is 3.61. The van der Waals surface area contributed by atoms with Gasteiger partial charge in [0.25, 0.3) is 0 Å². The van der Waals surface area contributed by atoms with Gasteiger partial charge >= 0.3 is 0 Å².